The minimum atomic E-state index is -6.00. The summed E-state index contributed by atoms with van der Waals surface area (Å²) < 4.78 is 55.9. The van der Waals surface area contributed by atoms with Gasteiger partial charge in [-0.25, -0.2) is 4.42 Å². The predicted molar refractivity (Wildman–Crippen MR) is 133 cm³/mol. The van der Waals surface area contributed by atoms with Gasteiger partial charge in [0.2, 0.25) is 0 Å². The third-order valence-corrected chi connectivity index (χ3v) is 4.83. The smallest absolute Gasteiger partial charge is 0.493 e. The largest absolute Gasteiger partial charge is 0.673 e. The van der Waals surface area contributed by atoms with E-state index in [1.54, 1.807) is 14.2 Å². The van der Waals surface area contributed by atoms with Gasteiger partial charge in [-0.3, -0.25) is 0 Å². The number of hydrogen-bond acceptors (Lipinski definition) is 2. The molecule has 0 radical (unpaired) electrons. The van der Waals surface area contributed by atoms with Crippen LogP contribution in [0.2, 0.25) is 0 Å². The molecule has 4 rings (SSSR count). The first-order valence-electron chi connectivity index (χ1n) is 10.6. The highest BCUT2D eigenvalue weighted by molar-refractivity contribution is 6.50. The molecule has 1 aromatic heterocycles. The first-order chi connectivity index (χ1) is 16.8. The summed E-state index contributed by atoms with van der Waals surface area (Å²) in [6.45, 7) is 0. The molecule has 0 saturated heterocycles. The Balaban J connectivity index is 0.000000623. The normalized spacial score (nSPS) is 11.0. The zero-order chi connectivity index (χ0) is 25.3. The Hall–Kier alpha value is -4.07. The van der Waals surface area contributed by atoms with Crippen LogP contribution in [-0.4, -0.2) is 21.5 Å². The summed E-state index contributed by atoms with van der Waals surface area (Å²) in [5, 5.41) is 0. The van der Waals surface area contributed by atoms with Gasteiger partial charge < -0.3 is 26.7 Å². The van der Waals surface area contributed by atoms with Crippen LogP contribution in [0.5, 0.6) is 11.5 Å². The quantitative estimate of drug-likeness (QED) is 0.157. The molecule has 0 aliphatic heterocycles. The minimum absolute atomic E-state index is 0.694. The summed E-state index contributed by atoms with van der Waals surface area (Å²) in [4.78, 5) is 0. The molecule has 0 spiro atoms. The highest BCUT2D eigenvalue weighted by Gasteiger charge is 2.20. The second-order valence-corrected chi connectivity index (χ2v) is 7.29. The molecule has 180 valence electrons. The predicted octanol–water partition coefficient (Wildman–Crippen LogP) is 8.38. The fourth-order valence-corrected chi connectivity index (χ4v) is 3.28. The van der Waals surface area contributed by atoms with Gasteiger partial charge in [-0.15, -0.1) is 0 Å². The molecule has 3 aromatic carbocycles. The van der Waals surface area contributed by atoms with E-state index in [-0.39, 0.29) is 0 Å². The first-order valence-corrected chi connectivity index (χ1v) is 10.6. The summed E-state index contributed by atoms with van der Waals surface area (Å²) in [5.41, 5.74) is 4.28. The second-order valence-electron chi connectivity index (χ2n) is 7.29. The summed E-state index contributed by atoms with van der Waals surface area (Å²) >= 11 is 0. The van der Waals surface area contributed by atoms with Crippen molar-refractivity contribution in [2.24, 2.45) is 0 Å². The van der Waals surface area contributed by atoms with E-state index in [9.17, 15) is 17.3 Å². The molecular formula is C27H23BF4O3. The van der Waals surface area contributed by atoms with E-state index in [0.29, 0.717) is 11.5 Å². The second kappa shape index (κ2) is 11.9. The van der Waals surface area contributed by atoms with Crippen molar-refractivity contribution in [3.05, 3.63) is 102 Å². The summed E-state index contributed by atoms with van der Waals surface area (Å²) in [6, 6.07) is 30.4. The molecule has 0 fully saturated rings. The van der Waals surface area contributed by atoms with E-state index in [1.807, 2.05) is 66.7 Å². The van der Waals surface area contributed by atoms with Gasteiger partial charge >= 0.3 is 18.8 Å². The highest BCUT2D eigenvalue weighted by Crippen LogP contribution is 2.31. The number of benzene rings is 3. The highest BCUT2D eigenvalue weighted by atomic mass is 19.5. The summed E-state index contributed by atoms with van der Waals surface area (Å²) in [5.74, 6) is 2.99. The molecule has 0 unspecified atom stereocenters. The number of ether oxygens (including phenoxy) is 2. The van der Waals surface area contributed by atoms with Gasteiger partial charge in [0.1, 0.15) is 0 Å². The topological polar surface area (TPSA) is 29.8 Å². The van der Waals surface area contributed by atoms with Crippen LogP contribution in [0.1, 0.15) is 11.3 Å². The van der Waals surface area contributed by atoms with Crippen LogP contribution >= 0.6 is 0 Å². The molecule has 0 saturated carbocycles. The first kappa shape index (κ1) is 25.6. The van der Waals surface area contributed by atoms with E-state index in [2.05, 4.69) is 36.4 Å². The van der Waals surface area contributed by atoms with Crippen molar-refractivity contribution in [2.45, 2.75) is 0 Å². The van der Waals surface area contributed by atoms with Gasteiger partial charge in [0.15, 0.2) is 11.5 Å². The van der Waals surface area contributed by atoms with E-state index < -0.39 is 7.25 Å². The average Bonchev–Trinajstić information content (AvgIpc) is 2.87. The zero-order valence-electron chi connectivity index (χ0n) is 19.1. The molecule has 0 bridgehead atoms. The lowest BCUT2D eigenvalue weighted by Gasteiger charge is -2.07. The Morgan fingerprint density at radius 2 is 1.20 bits per heavy atom. The van der Waals surface area contributed by atoms with Crippen LogP contribution in [-0.2, 0) is 0 Å². The SMILES string of the molecule is COc1ccc(C=Cc2cc(-c3ccccc3)cc(-c3ccccc3)[o+]2)cc1OC.F[B-](F)(F)F. The fourth-order valence-electron chi connectivity index (χ4n) is 3.28. The van der Waals surface area contributed by atoms with Gasteiger partial charge in [-0.2, -0.15) is 0 Å². The molecule has 0 amide bonds. The van der Waals surface area contributed by atoms with Crippen molar-refractivity contribution in [2.75, 3.05) is 14.2 Å². The van der Waals surface area contributed by atoms with Gasteiger partial charge in [-0.05, 0) is 41.5 Å². The Bertz CT molecular complexity index is 1200. The molecule has 8 heteroatoms. The fraction of sp³-hybridized carbons (Fsp3) is 0.0741. The molecule has 0 aliphatic rings. The lowest BCUT2D eigenvalue weighted by atomic mass is 10.0. The molecule has 4 aromatic rings. The lowest BCUT2D eigenvalue weighted by molar-refractivity contribution is 0.355. The Morgan fingerprint density at radius 1 is 0.629 bits per heavy atom. The molecule has 0 aliphatic carbocycles. The van der Waals surface area contributed by atoms with Gasteiger partial charge in [0.25, 0.3) is 0 Å². The zero-order valence-corrected chi connectivity index (χ0v) is 19.1. The van der Waals surface area contributed by atoms with Crippen molar-refractivity contribution in [1.29, 1.82) is 0 Å². The Morgan fingerprint density at radius 3 is 1.77 bits per heavy atom. The standard InChI is InChI=1S/C27H23O3.BF4/c1-28-25-16-14-20(17-27(25)29-2)13-15-24-18-23(21-9-5-3-6-10-21)19-26(30-24)22-11-7-4-8-12-22;2-1(3,4)5/h3-19H,1-2H3;/q+1;-1. The maximum absolute atomic E-state index is 9.75. The van der Waals surface area contributed by atoms with E-state index >= 15 is 0 Å². The van der Waals surface area contributed by atoms with Crippen molar-refractivity contribution >= 4 is 19.4 Å². The van der Waals surface area contributed by atoms with E-state index in [1.165, 1.54) is 0 Å². The van der Waals surface area contributed by atoms with Crippen LogP contribution in [0.4, 0.5) is 17.3 Å². The number of halogens is 4. The van der Waals surface area contributed by atoms with Gasteiger partial charge in [-0.1, -0.05) is 54.6 Å². The molecule has 3 nitrogen and oxygen atoms in total. The third-order valence-electron chi connectivity index (χ3n) is 4.83. The molecule has 0 N–H and O–H groups in total. The van der Waals surface area contributed by atoms with Crippen molar-refractivity contribution < 1.29 is 31.2 Å². The maximum atomic E-state index is 9.75. The minimum Gasteiger partial charge on any atom is -0.493 e. The summed E-state index contributed by atoms with van der Waals surface area (Å²) in [6.07, 6.45) is 3.98. The molecule has 1 heterocycles. The Labute approximate surface area is 201 Å². The van der Waals surface area contributed by atoms with E-state index in [4.69, 9.17) is 13.9 Å². The molecule has 35 heavy (non-hydrogen) atoms. The van der Waals surface area contributed by atoms with Gasteiger partial charge in [0.05, 0.1) is 31.9 Å². The van der Waals surface area contributed by atoms with Crippen molar-refractivity contribution in [1.82, 2.24) is 0 Å². The summed E-state index contributed by atoms with van der Waals surface area (Å²) in [7, 11) is -2.73. The average molecular weight is 482 g/mol. The molecule has 0 atom stereocenters. The Kier molecular flexibility index (Phi) is 8.67. The van der Waals surface area contributed by atoms with E-state index in [0.717, 1.165) is 33.8 Å². The lowest BCUT2D eigenvalue weighted by Crippen LogP contribution is -2.02. The number of methoxy groups -OCH3 is 2. The van der Waals surface area contributed by atoms with Crippen molar-refractivity contribution in [3.63, 3.8) is 0 Å². The third kappa shape index (κ3) is 8.03. The number of rotatable bonds is 6. The molecular weight excluding hydrogens is 459 g/mol. The maximum Gasteiger partial charge on any atom is 0.673 e. The van der Waals surface area contributed by atoms with Crippen LogP contribution in [0.3, 0.4) is 0 Å². The van der Waals surface area contributed by atoms with Crippen LogP contribution in [0.25, 0.3) is 34.6 Å². The monoisotopic (exact) mass is 482 g/mol. The van der Waals surface area contributed by atoms with Crippen LogP contribution in [0.15, 0.2) is 95.4 Å². The van der Waals surface area contributed by atoms with Gasteiger partial charge in [0, 0.05) is 11.6 Å². The van der Waals surface area contributed by atoms with Crippen LogP contribution in [0, 0.1) is 0 Å². The van der Waals surface area contributed by atoms with Crippen LogP contribution < -0.4 is 9.47 Å². The number of hydrogen-bond donors (Lipinski definition) is 0. The van der Waals surface area contributed by atoms with Crippen molar-refractivity contribution in [3.8, 4) is 33.9 Å².